The van der Waals surface area contributed by atoms with Crippen LogP contribution in [0.5, 0.6) is 5.75 Å². The van der Waals surface area contributed by atoms with Crippen molar-refractivity contribution < 1.29 is 28.7 Å². The van der Waals surface area contributed by atoms with Crippen molar-refractivity contribution in [2.45, 2.75) is 33.9 Å². The first-order valence-electron chi connectivity index (χ1n) is 10.5. The zero-order valence-corrected chi connectivity index (χ0v) is 18.9. The van der Waals surface area contributed by atoms with Crippen LogP contribution in [0.2, 0.25) is 0 Å². The second-order valence-electron chi connectivity index (χ2n) is 8.03. The first-order valence-corrected chi connectivity index (χ1v) is 10.5. The fraction of sp³-hybridized carbons (Fsp3) is 0.333. The number of carbonyl (C=O) groups excluding carboxylic acids is 1. The van der Waals surface area contributed by atoms with E-state index in [4.69, 9.17) is 19.1 Å². The predicted molar refractivity (Wildman–Crippen MR) is 119 cm³/mol. The van der Waals surface area contributed by atoms with Crippen LogP contribution < -0.4 is 4.74 Å². The molecule has 33 heavy (non-hydrogen) atoms. The molecule has 3 rings (SSSR count). The van der Waals surface area contributed by atoms with Gasteiger partial charge in [-0.2, -0.15) is 4.98 Å². The first kappa shape index (κ1) is 23.8. The number of hydrogen-bond donors (Lipinski definition) is 1. The molecule has 0 spiro atoms. The molecule has 1 heterocycles. The molecule has 0 atom stereocenters. The lowest BCUT2D eigenvalue weighted by molar-refractivity contribution is -0.138. The van der Waals surface area contributed by atoms with E-state index in [0.717, 1.165) is 21.6 Å². The Morgan fingerprint density at radius 1 is 1.09 bits per heavy atom. The van der Waals surface area contributed by atoms with E-state index in [0.29, 0.717) is 17.5 Å². The smallest absolute Gasteiger partial charge is 0.410 e. The molecule has 0 unspecified atom stereocenters. The number of carboxylic acids is 1. The molecule has 0 radical (unpaired) electrons. The van der Waals surface area contributed by atoms with Crippen LogP contribution in [0.3, 0.4) is 0 Å². The maximum absolute atomic E-state index is 12.2. The number of nitrogens with zero attached hydrogens (tertiary/aromatic N) is 3. The van der Waals surface area contributed by atoms with E-state index in [1.807, 2.05) is 45.0 Å². The third kappa shape index (κ3) is 7.34. The molecule has 1 aromatic heterocycles. The van der Waals surface area contributed by atoms with Gasteiger partial charge in [-0.1, -0.05) is 48.8 Å². The molecule has 0 saturated heterocycles. The summed E-state index contributed by atoms with van der Waals surface area (Å²) >= 11 is 0. The Balaban J connectivity index is 1.56. The minimum atomic E-state index is -1.11. The van der Waals surface area contributed by atoms with Crippen molar-refractivity contribution in [3.05, 3.63) is 65.5 Å². The summed E-state index contributed by atoms with van der Waals surface area (Å²) in [6.07, 6.45) is -0.659. The molecule has 0 bridgehead atoms. The van der Waals surface area contributed by atoms with E-state index < -0.39 is 18.6 Å². The van der Waals surface area contributed by atoms with Gasteiger partial charge < -0.3 is 19.1 Å². The summed E-state index contributed by atoms with van der Waals surface area (Å²) < 4.78 is 16.2. The summed E-state index contributed by atoms with van der Waals surface area (Å²) in [6.45, 7) is 5.83. The Morgan fingerprint density at radius 2 is 1.79 bits per heavy atom. The molecule has 2 aromatic carbocycles. The number of aryl methyl sites for hydroxylation is 1. The quantitative estimate of drug-likeness (QED) is 0.483. The number of benzene rings is 2. The molecule has 3 aromatic rings. The normalized spacial score (nSPS) is 10.8. The van der Waals surface area contributed by atoms with Gasteiger partial charge in [-0.15, -0.1) is 0 Å². The SMILES string of the molecule is Cc1ccc(-c2nc(COc3ccc(CN(CC(=O)O)C(=O)OCC(C)C)cc3)no2)cc1. The monoisotopic (exact) mass is 453 g/mol. The third-order valence-electron chi connectivity index (χ3n) is 4.56. The summed E-state index contributed by atoms with van der Waals surface area (Å²) in [6, 6.07) is 14.7. The van der Waals surface area contributed by atoms with E-state index in [1.54, 1.807) is 24.3 Å². The van der Waals surface area contributed by atoms with Crippen molar-refractivity contribution >= 4 is 12.1 Å². The molecular formula is C24H27N3O6. The summed E-state index contributed by atoms with van der Waals surface area (Å²) in [5.41, 5.74) is 2.72. The van der Waals surface area contributed by atoms with Gasteiger partial charge in [-0.25, -0.2) is 4.79 Å². The molecule has 9 heteroatoms. The number of carbonyl (C=O) groups is 2. The molecule has 1 amide bonds. The van der Waals surface area contributed by atoms with Gasteiger partial charge in [0.25, 0.3) is 5.89 Å². The molecular weight excluding hydrogens is 426 g/mol. The highest BCUT2D eigenvalue weighted by molar-refractivity contribution is 5.76. The van der Waals surface area contributed by atoms with Gasteiger partial charge in [0.2, 0.25) is 5.82 Å². The van der Waals surface area contributed by atoms with Gasteiger partial charge >= 0.3 is 12.1 Å². The number of hydrogen-bond acceptors (Lipinski definition) is 7. The lowest BCUT2D eigenvalue weighted by atomic mass is 10.1. The van der Waals surface area contributed by atoms with Crippen LogP contribution in [0, 0.1) is 12.8 Å². The number of rotatable bonds is 10. The average Bonchev–Trinajstić information content (AvgIpc) is 3.25. The Kier molecular flexibility index (Phi) is 8.01. The molecule has 1 N–H and O–H groups in total. The lowest BCUT2D eigenvalue weighted by Crippen LogP contribution is -2.36. The summed E-state index contributed by atoms with van der Waals surface area (Å²) in [5.74, 6) is 0.459. The average molecular weight is 453 g/mol. The van der Waals surface area contributed by atoms with Gasteiger partial charge in [0.15, 0.2) is 6.61 Å². The topological polar surface area (TPSA) is 115 Å². The Labute approximate surface area is 191 Å². The molecule has 0 saturated carbocycles. The van der Waals surface area contributed by atoms with Gasteiger partial charge in [-0.3, -0.25) is 9.69 Å². The summed E-state index contributed by atoms with van der Waals surface area (Å²) in [4.78, 5) is 28.9. The van der Waals surface area contributed by atoms with Gasteiger partial charge in [0, 0.05) is 12.1 Å². The van der Waals surface area contributed by atoms with Crippen molar-refractivity contribution in [3.8, 4) is 17.2 Å². The maximum atomic E-state index is 12.2. The zero-order chi connectivity index (χ0) is 23.8. The van der Waals surface area contributed by atoms with E-state index in [1.165, 1.54) is 0 Å². The van der Waals surface area contributed by atoms with Crippen LogP contribution >= 0.6 is 0 Å². The molecule has 0 fully saturated rings. The summed E-state index contributed by atoms with van der Waals surface area (Å²) in [5, 5.41) is 13.0. The van der Waals surface area contributed by atoms with E-state index >= 15 is 0 Å². The second-order valence-corrected chi connectivity index (χ2v) is 8.03. The van der Waals surface area contributed by atoms with Crippen molar-refractivity contribution in [1.82, 2.24) is 15.0 Å². The largest absolute Gasteiger partial charge is 0.485 e. The van der Waals surface area contributed by atoms with E-state index in [9.17, 15) is 9.59 Å². The van der Waals surface area contributed by atoms with Crippen LogP contribution in [0.1, 0.15) is 30.8 Å². The number of aromatic nitrogens is 2. The third-order valence-corrected chi connectivity index (χ3v) is 4.56. The maximum Gasteiger partial charge on any atom is 0.410 e. The van der Waals surface area contributed by atoms with Crippen molar-refractivity contribution in [1.29, 1.82) is 0 Å². The first-order chi connectivity index (χ1) is 15.8. The summed E-state index contributed by atoms with van der Waals surface area (Å²) in [7, 11) is 0. The number of ether oxygens (including phenoxy) is 2. The molecule has 9 nitrogen and oxygen atoms in total. The fourth-order valence-electron chi connectivity index (χ4n) is 2.86. The van der Waals surface area contributed by atoms with Crippen molar-refractivity contribution in [3.63, 3.8) is 0 Å². The minimum Gasteiger partial charge on any atom is -0.485 e. The highest BCUT2D eigenvalue weighted by Crippen LogP contribution is 2.19. The van der Waals surface area contributed by atoms with Crippen LogP contribution in [-0.2, 0) is 22.7 Å². The minimum absolute atomic E-state index is 0.105. The highest BCUT2D eigenvalue weighted by atomic mass is 16.6. The van der Waals surface area contributed by atoms with Gasteiger partial charge in [0.05, 0.1) is 6.61 Å². The molecule has 0 aliphatic rings. The Morgan fingerprint density at radius 3 is 2.42 bits per heavy atom. The zero-order valence-electron chi connectivity index (χ0n) is 18.9. The second kappa shape index (κ2) is 11.1. The standard InChI is InChI=1S/C24H27N3O6/c1-16(2)14-32-24(30)27(13-22(28)29)12-18-6-10-20(11-7-18)31-15-21-25-23(33-26-21)19-8-4-17(3)5-9-19/h4-11,16H,12-15H2,1-3H3,(H,28,29). The van der Waals surface area contributed by atoms with Crippen LogP contribution in [0.25, 0.3) is 11.5 Å². The fourth-order valence-corrected chi connectivity index (χ4v) is 2.86. The van der Waals surface area contributed by atoms with Crippen LogP contribution in [0.4, 0.5) is 4.79 Å². The Hall–Kier alpha value is -3.88. The molecule has 174 valence electrons. The highest BCUT2D eigenvalue weighted by Gasteiger charge is 2.19. The number of aliphatic carboxylic acids is 1. The van der Waals surface area contributed by atoms with Crippen molar-refractivity contribution in [2.24, 2.45) is 5.92 Å². The Bertz CT molecular complexity index is 1060. The lowest BCUT2D eigenvalue weighted by Gasteiger charge is -2.21. The number of amides is 1. The van der Waals surface area contributed by atoms with Gasteiger partial charge in [-0.05, 0) is 42.7 Å². The number of carboxylic acid groups (broad SMARTS) is 1. The van der Waals surface area contributed by atoms with Gasteiger partial charge in [0.1, 0.15) is 12.3 Å². The van der Waals surface area contributed by atoms with E-state index in [2.05, 4.69) is 10.1 Å². The molecule has 0 aliphatic carbocycles. The van der Waals surface area contributed by atoms with Crippen LogP contribution in [0.15, 0.2) is 53.1 Å². The van der Waals surface area contributed by atoms with E-state index in [-0.39, 0.29) is 25.7 Å². The van der Waals surface area contributed by atoms with Crippen molar-refractivity contribution in [2.75, 3.05) is 13.2 Å². The molecule has 0 aliphatic heterocycles. The van der Waals surface area contributed by atoms with Crippen LogP contribution in [-0.4, -0.2) is 45.4 Å². The predicted octanol–water partition coefficient (Wildman–Crippen LogP) is 4.30.